The number of carbonyl (C=O) groups excluding carboxylic acids is 3. The van der Waals surface area contributed by atoms with Crippen molar-refractivity contribution in [1.82, 2.24) is 10.2 Å². The Labute approximate surface area is 115 Å². The molecule has 7 nitrogen and oxygen atoms in total. The third-order valence-corrected chi connectivity index (χ3v) is 3.85. The highest BCUT2D eigenvalue weighted by atomic mass is 32.2. The normalized spacial score (nSPS) is 15.9. The Hall–Kier alpha value is -2.22. The van der Waals surface area contributed by atoms with Gasteiger partial charge in [-0.05, 0) is 18.2 Å². The molecule has 0 bridgehead atoms. The number of nitrogens with one attached hydrogen (secondary N) is 1. The smallest absolute Gasteiger partial charge is 0.254 e. The maximum Gasteiger partial charge on any atom is 0.254 e. The maximum absolute atomic E-state index is 12.2. The first-order chi connectivity index (χ1) is 9.27. The Morgan fingerprint density at radius 1 is 1.20 bits per heavy atom. The topological polar surface area (TPSA) is 101 Å². The van der Waals surface area contributed by atoms with Crippen LogP contribution in [0.5, 0.6) is 0 Å². The fourth-order valence-corrected chi connectivity index (χ4v) is 2.49. The highest BCUT2D eigenvalue weighted by Gasteiger charge is 2.27. The predicted molar refractivity (Wildman–Crippen MR) is 68.6 cm³/mol. The van der Waals surface area contributed by atoms with Gasteiger partial charge in [0.1, 0.15) is 13.1 Å². The minimum Gasteiger partial charge on any atom is -0.320 e. The van der Waals surface area contributed by atoms with E-state index in [1.165, 1.54) is 24.3 Å². The summed E-state index contributed by atoms with van der Waals surface area (Å²) >= 11 is 0. The van der Waals surface area contributed by atoms with Gasteiger partial charge in [0.05, 0.1) is 4.90 Å². The Bertz CT molecular complexity index is 680. The van der Waals surface area contributed by atoms with Gasteiger partial charge in [0.25, 0.3) is 5.91 Å². The summed E-state index contributed by atoms with van der Waals surface area (Å²) in [7, 11) is -3.43. The highest BCUT2D eigenvalue weighted by molar-refractivity contribution is 7.90. The van der Waals surface area contributed by atoms with Crippen molar-refractivity contribution in [3.8, 4) is 0 Å². The van der Waals surface area contributed by atoms with Crippen LogP contribution < -0.4 is 5.32 Å². The molecule has 1 aliphatic heterocycles. The zero-order valence-electron chi connectivity index (χ0n) is 10.6. The molecule has 20 heavy (non-hydrogen) atoms. The lowest BCUT2D eigenvalue weighted by atomic mass is 10.2. The summed E-state index contributed by atoms with van der Waals surface area (Å²) in [5.74, 6) is -1.68. The van der Waals surface area contributed by atoms with Crippen LogP contribution in [0, 0.1) is 0 Å². The predicted octanol–water partition coefficient (Wildman–Crippen LogP) is -0.811. The first-order valence-corrected chi connectivity index (χ1v) is 7.58. The van der Waals surface area contributed by atoms with Crippen LogP contribution in [0.15, 0.2) is 29.2 Å². The average molecular weight is 296 g/mol. The van der Waals surface area contributed by atoms with Gasteiger partial charge >= 0.3 is 0 Å². The molecule has 1 aliphatic rings. The highest BCUT2D eigenvalue weighted by Crippen LogP contribution is 2.13. The molecule has 0 aromatic heterocycles. The van der Waals surface area contributed by atoms with Crippen LogP contribution in [0.4, 0.5) is 0 Å². The number of piperazine rings is 1. The second kappa shape index (κ2) is 5.04. The second-order valence-electron chi connectivity index (χ2n) is 4.43. The first kappa shape index (κ1) is 14.2. The average Bonchev–Trinajstić information content (AvgIpc) is 2.36. The van der Waals surface area contributed by atoms with Gasteiger partial charge < -0.3 is 4.90 Å². The van der Waals surface area contributed by atoms with E-state index in [4.69, 9.17) is 0 Å². The van der Waals surface area contributed by atoms with Crippen molar-refractivity contribution < 1.29 is 22.8 Å². The molecule has 1 N–H and O–H groups in total. The fraction of sp³-hybridized carbons (Fsp3) is 0.250. The van der Waals surface area contributed by atoms with Crippen molar-refractivity contribution >= 4 is 27.6 Å². The van der Waals surface area contributed by atoms with Crippen LogP contribution in [0.25, 0.3) is 0 Å². The number of nitrogens with zero attached hydrogens (tertiary/aromatic N) is 1. The van der Waals surface area contributed by atoms with Crippen molar-refractivity contribution in [1.29, 1.82) is 0 Å². The van der Waals surface area contributed by atoms with Crippen LogP contribution >= 0.6 is 0 Å². The van der Waals surface area contributed by atoms with Crippen LogP contribution in [0.2, 0.25) is 0 Å². The van der Waals surface area contributed by atoms with Gasteiger partial charge in [0, 0.05) is 11.8 Å². The van der Waals surface area contributed by atoms with E-state index >= 15 is 0 Å². The number of amides is 3. The van der Waals surface area contributed by atoms with Gasteiger partial charge in [-0.15, -0.1) is 0 Å². The monoisotopic (exact) mass is 296 g/mol. The zero-order valence-corrected chi connectivity index (χ0v) is 11.4. The van der Waals surface area contributed by atoms with Gasteiger partial charge in [0.2, 0.25) is 11.8 Å². The molecule has 106 valence electrons. The van der Waals surface area contributed by atoms with E-state index in [9.17, 15) is 22.8 Å². The standard InChI is InChI=1S/C12H12N2O5S/c1-20(18,19)9-4-2-3-8(5-9)12(17)14-6-10(15)13-11(16)7-14/h2-5H,6-7H2,1H3,(H,13,15,16). The minimum atomic E-state index is -3.43. The minimum absolute atomic E-state index is 0.0103. The van der Waals surface area contributed by atoms with Crippen LogP contribution in [-0.2, 0) is 19.4 Å². The third-order valence-electron chi connectivity index (χ3n) is 2.74. The Balaban J connectivity index is 2.30. The van der Waals surface area contributed by atoms with Crippen molar-refractivity contribution in [2.45, 2.75) is 4.90 Å². The molecule has 1 aromatic rings. The molecular weight excluding hydrogens is 284 g/mol. The largest absolute Gasteiger partial charge is 0.320 e. The summed E-state index contributed by atoms with van der Waals surface area (Å²) in [4.78, 5) is 35.7. The molecule has 0 radical (unpaired) electrons. The van der Waals surface area contributed by atoms with Crippen molar-refractivity contribution in [3.63, 3.8) is 0 Å². The van der Waals surface area contributed by atoms with Crippen molar-refractivity contribution in [2.75, 3.05) is 19.3 Å². The molecule has 1 fully saturated rings. The van der Waals surface area contributed by atoms with Crippen LogP contribution in [0.3, 0.4) is 0 Å². The molecule has 0 saturated carbocycles. The number of hydrogen-bond acceptors (Lipinski definition) is 5. The Morgan fingerprint density at radius 2 is 1.80 bits per heavy atom. The number of imide groups is 1. The van der Waals surface area contributed by atoms with E-state index in [0.29, 0.717) is 0 Å². The summed E-state index contributed by atoms with van der Waals surface area (Å²) in [6.45, 7) is -0.457. The summed E-state index contributed by atoms with van der Waals surface area (Å²) in [5, 5.41) is 2.08. The fourth-order valence-electron chi connectivity index (χ4n) is 1.82. The van der Waals surface area contributed by atoms with E-state index < -0.39 is 27.6 Å². The number of hydrogen-bond donors (Lipinski definition) is 1. The number of benzene rings is 1. The number of rotatable bonds is 2. The molecule has 8 heteroatoms. The zero-order chi connectivity index (χ0) is 14.9. The van der Waals surface area contributed by atoms with E-state index in [-0.39, 0.29) is 23.5 Å². The van der Waals surface area contributed by atoms with E-state index in [2.05, 4.69) is 5.32 Å². The molecule has 3 amide bonds. The van der Waals surface area contributed by atoms with Crippen LogP contribution in [0.1, 0.15) is 10.4 Å². The molecule has 2 rings (SSSR count). The molecule has 1 heterocycles. The maximum atomic E-state index is 12.2. The van der Waals surface area contributed by atoms with Crippen molar-refractivity contribution in [3.05, 3.63) is 29.8 Å². The lowest BCUT2D eigenvalue weighted by Gasteiger charge is -2.25. The molecule has 1 saturated heterocycles. The summed E-state index contributed by atoms with van der Waals surface area (Å²) in [6, 6.07) is 5.48. The second-order valence-corrected chi connectivity index (χ2v) is 6.45. The van der Waals surface area contributed by atoms with Gasteiger partial charge in [-0.2, -0.15) is 0 Å². The van der Waals surface area contributed by atoms with Gasteiger partial charge in [-0.3, -0.25) is 19.7 Å². The molecule has 0 unspecified atom stereocenters. The van der Waals surface area contributed by atoms with E-state index in [1.54, 1.807) is 0 Å². The molecule has 0 spiro atoms. The SMILES string of the molecule is CS(=O)(=O)c1cccc(C(=O)N2CC(=O)NC(=O)C2)c1. The van der Waals surface area contributed by atoms with Gasteiger partial charge in [-0.25, -0.2) is 8.42 Å². The van der Waals surface area contributed by atoms with E-state index in [0.717, 1.165) is 11.2 Å². The number of sulfone groups is 1. The summed E-state index contributed by atoms with van der Waals surface area (Å²) in [5.41, 5.74) is 0.121. The first-order valence-electron chi connectivity index (χ1n) is 5.69. The Kier molecular flexibility index (Phi) is 3.58. The van der Waals surface area contributed by atoms with Gasteiger partial charge in [-0.1, -0.05) is 6.07 Å². The van der Waals surface area contributed by atoms with Gasteiger partial charge in [0.15, 0.2) is 9.84 Å². The lowest BCUT2D eigenvalue weighted by molar-refractivity contribution is -0.135. The van der Waals surface area contributed by atoms with E-state index in [1.807, 2.05) is 0 Å². The quantitative estimate of drug-likeness (QED) is 0.719. The Morgan fingerprint density at radius 3 is 2.35 bits per heavy atom. The molecular formula is C12H12N2O5S. The lowest BCUT2D eigenvalue weighted by Crippen LogP contribution is -2.53. The number of carbonyl (C=O) groups is 3. The molecule has 0 aliphatic carbocycles. The molecule has 0 atom stereocenters. The van der Waals surface area contributed by atoms with Crippen molar-refractivity contribution in [2.24, 2.45) is 0 Å². The van der Waals surface area contributed by atoms with Crippen LogP contribution in [-0.4, -0.2) is 50.4 Å². The summed E-state index contributed by atoms with van der Waals surface area (Å²) < 4.78 is 22.9. The molecule has 1 aromatic carbocycles. The summed E-state index contributed by atoms with van der Waals surface area (Å²) in [6.07, 6.45) is 1.04. The third kappa shape index (κ3) is 3.02.